The van der Waals surface area contributed by atoms with Crippen LogP contribution in [-0.4, -0.2) is 65.9 Å². The maximum Gasteiger partial charge on any atom is 0.339 e. The molecule has 1 aliphatic carbocycles. The van der Waals surface area contributed by atoms with Crippen molar-refractivity contribution in [1.82, 2.24) is 9.88 Å². The number of carbonyl (C=O) groups is 1. The molecule has 3 heterocycles. The number of piperazine rings is 1. The zero-order chi connectivity index (χ0) is 15.1. The van der Waals surface area contributed by atoms with Crippen LogP contribution in [0.3, 0.4) is 0 Å². The first kappa shape index (κ1) is 14.0. The lowest BCUT2D eigenvalue weighted by atomic mass is 10.0. The van der Waals surface area contributed by atoms with E-state index in [9.17, 15) is 9.90 Å². The van der Waals surface area contributed by atoms with Crippen LogP contribution in [0, 0.1) is 5.92 Å². The summed E-state index contributed by atoms with van der Waals surface area (Å²) in [6, 6.07) is 4.21. The molecular formula is C16H21N3O3. The van der Waals surface area contributed by atoms with Crippen LogP contribution >= 0.6 is 0 Å². The van der Waals surface area contributed by atoms with Crippen LogP contribution in [0.2, 0.25) is 0 Å². The van der Waals surface area contributed by atoms with Crippen molar-refractivity contribution in [2.45, 2.75) is 24.9 Å². The van der Waals surface area contributed by atoms with Crippen LogP contribution in [-0.2, 0) is 4.74 Å². The number of anilines is 1. The number of aromatic carboxylic acids is 1. The summed E-state index contributed by atoms with van der Waals surface area (Å²) in [7, 11) is 0. The fourth-order valence-corrected chi connectivity index (χ4v) is 3.77. The van der Waals surface area contributed by atoms with Gasteiger partial charge in [0.15, 0.2) is 0 Å². The second kappa shape index (κ2) is 5.52. The quantitative estimate of drug-likeness (QED) is 0.901. The number of carboxylic acid groups (broad SMARTS) is 1. The molecule has 0 bridgehead atoms. The highest BCUT2D eigenvalue weighted by molar-refractivity contribution is 5.93. The van der Waals surface area contributed by atoms with E-state index in [2.05, 4.69) is 14.8 Å². The van der Waals surface area contributed by atoms with Crippen molar-refractivity contribution in [3.8, 4) is 0 Å². The van der Waals surface area contributed by atoms with Crippen LogP contribution in [0.15, 0.2) is 18.3 Å². The van der Waals surface area contributed by atoms with Crippen molar-refractivity contribution >= 4 is 11.8 Å². The second-order valence-electron chi connectivity index (χ2n) is 6.46. The molecule has 4 rings (SSSR count). The number of nitrogens with zero attached hydrogens (tertiary/aromatic N) is 3. The summed E-state index contributed by atoms with van der Waals surface area (Å²) < 4.78 is 5.81. The number of pyridine rings is 1. The molecule has 1 aromatic rings. The van der Waals surface area contributed by atoms with E-state index in [4.69, 9.17) is 4.74 Å². The van der Waals surface area contributed by atoms with Crippen molar-refractivity contribution in [2.24, 2.45) is 5.92 Å². The third-order valence-electron chi connectivity index (χ3n) is 5.04. The molecule has 6 nitrogen and oxygen atoms in total. The first-order chi connectivity index (χ1) is 10.7. The summed E-state index contributed by atoms with van der Waals surface area (Å²) in [6.45, 7) is 4.17. The smallest absolute Gasteiger partial charge is 0.339 e. The molecule has 1 aromatic heterocycles. The molecule has 0 spiro atoms. The third-order valence-corrected chi connectivity index (χ3v) is 5.04. The van der Waals surface area contributed by atoms with Crippen LogP contribution in [0.1, 0.15) is 23.2 Å². The zero-order valence-corrected chi connectivity index (χ0v) is 12.5. The van der Waals surface area contributed by atoms with E-state index in [0.29, 0.717) is 17.9 Å². The molecule has 1 saturated carbocycles. The van der Waals surface area contributed by atoms with Crippen molar-refractivity contribution in [3.05, 3.63) is 23.9 Å². The van der Waals surface area contributed by atoms with E-state index < -0.39 is 5.97 Å². The molecule has 0 radical (unpaired) electrons. The molecule has 118 valence electrons. The number of fused-ring (bicyclic) bond motifs is 1. The van der Waals surface area contributed by atoms with Crippen molar-refractivity contribution in [2.75, 3.05) is 37.7 Å². The fraction of sp³-hybridized carbons (Fsp3) is 0.625. The standard InChI is InChI=1S/C16H21N3O3/c20-16(21)13-2-1-5-17-15(13)18-6-7-19-12(8-18)9-22-10-14(19)11-3-4-11/h1-2,5,11-12,14H,3-4,6-10H2,(H,20,21)/t12-,14-/m1/s1. The fourth-order valence-electron chi connectivity index (χ4n) is 3.77. The minimum Gasteiger partial charge on any atom is -0.478 e. The first-order valence-electron chi connectivity index (χ1n) is 8.01. The molecule has 2 saturated heterocycles. The van der Waals surface area contributed by atoms with E-state index in [1.54, 1.807) is 18.3 Å². The van der Waals surface area contributed by atoms with Gasteiger partial charge in [0, 0.05) is 31.9 Å². The van der Waals surface area contributed by atoms with E-state index >= 15 is 0 Å². The Labute approximate surface area is 129 Å². The van der Waals surface area contributed by atoms with Gasteiger partial charge in [0.1, 0.15) is 11.4 Å². The van der Waals surface area contributed by atoms with Crippen molar-refractivity contribution < 1.29 is 14.6 Å². The van der Waals surface area contributed by atoms with E-state index in [1.807, 2.05) is 0 Å². The van der Waals surface area contributed by atoms with Crippen LogP contribution < -0.4 is 4.90 Å². The minimum absolute atomic E-state index is 0.284. The predicted octanol–water partition coefficient (Wildman–Crippen LogP) is 1.08. The van der Waals surface area contributed by atoms with Crippen molar-refractivity contribution in [3.63, 3.8) is 0 Å². The van der Waals surface area contributed by atoms with Gasteiger partial charge in [-0.3, -0.25) is 4.90 Å². The third kappa shape index (κ3) is 2.46. The van der Waals surface area contributed by atoms with Gasteiger partial charge < -0.3 is 14.7 Å². The molecule has 0 amide bonds. The predicted molar refractivity (Wildman–Crippen MR) is 81.2 cm³/mol. The average molecular weight is 303 g/mol. The zero-order valence-electron chi connectivity index (χ0n) is 12.5. The van der Waals surface area contributed by atoms with E-state index in [-0.39, 0.29) is 5.56 Å². The van der Waals surface area contributed by atoms with Gasteiger partial charge in [-0.15, -0.1) is 0 Å². The van der Waals surface area contributed by atoms with Gasteiger partial charge in [-0.25, -0.2) is 9.78 Å². The Balaban J connectivity index is 1.53. The average Bonchev–Trinajstić information content (AvgIpc) is 3.38. The van der Waals surface area contributed by atoms with Crippen LogP contribution in [0.25, 0.3) is 0 Å². The minimum atomic E-state index is -0.915. The summed E-state index contributed by atoms with van der Waals surface area (Å²) in [5.74, 6) is 0.475. The highest BCUT2D eigenvalue weighted by Crippen LogP contribution is 2.38. The number of aromatic nitrogens is 1. The van der Waals surface area contributed by atoms with Gasteiger partial charge in [0.25, 0.3) is 0 Å². The molecule has 3 fully saturated rings. The lowest BCUT2D eigenvalue weighted by Crippen LogP contribution is -2.62. The molecule has 22 heavy (non-hydrogen) atoms. The molecule has 6 heteroatoms. The Hall–Kier alpha value is -1.66. The SMILES string of the molecule is O=C(O)c1cccnc1N1CCN2[C@@H](COC[C@@H]2C2CC2)C1. The molecular weight excluding hydrogens is 282 g/mol. The first-order valence-corrected chi connectivity index (χ1v) is 8.01. The normalized spacial score (nSPS) is 29.2. The second-order valence-corrected chi connectivity index (χ2v) is 6.46. The number of ether oxygens (including phenoxy) is 1. The number of hydrogen-bond donors (Lipinski definition) is 1. The van der Waals surface area contributed by atoms with Crippen LogP contribution in [0.4, 0.5) is 5.82 Å². The lowest BCUT2D eigenvalue weighted by molar-refractivity contribution is -0.0603. The molecule has 1 N–H and O–H groups in total. The van der Waals surface area contributed by atoms with E-state index in [1.165, 1.54) is 12.8 Å². The van der Waals surface area contributed by atoms with E-state index in [0.717, 1.165) is 38.8 Å². The van der Waals surface area contributed by atoms with Gasteiger partial charge in [-0.05, 0) is 30.9 Å². The summed E-state index contributed by atoms with van der Waals surface area (Å²) in [4.78, 5) is 20.4. The lowest BCUT2D eigenvalue weighted by Gasteiger charge is -2.48. The summed E-state index contributed by atoms with van der Waals surface area (Å²) >= 11 is 0. The number of hydrogen-bond acceptors (Lipinski definition) is 5. The Bertz CT molecular complexity index is 576. The van der Waals surface area contributed by atoms with Crippen molar-refractivity contribution in [1.29, 1.82) is 0 Å². The largest absolute Gasteiger partial charge is 0.478 e. The number of carboxylic acids is 1. The Morgan fingerprint density at radius 1 is 1.32 bits per heavy atom. The monoisotopic (exact) mass is 303 g/mol. The molecule has 0 unspecified atom stereocenters. The van der Waals surface area contributed by atoms with Gasteiger partial charge in [0.2, 0.25) is 0 Å². The maximum atomic E-state index is 11.4. The summed E-state index contributed by atoms with van der Waals surface area (Å²) in [6.07, 6.45) is 4.31. The molecule has 0 aromatic carbocycles. The Morgan fingerprint density at radius 2 is 2.18 bits per heavy atom. The summed E-state index contributed by atoms with van der Waals surface area (Å²) in [5, 5.41) is 9.35. The number of morpholine rings is 1. The maximum absolute atomic E-state index is 11.4. The highest BCUT2D eigenvalue weighted by Gasteiger charge is 2.43. The van der Waals surface area contributed by atoms with Gasteiger partial charge in [-0.1, -0.05) is 0 Å². The van der Waals surface area contributed by atoms with Gasteiger partial charge in [-0.2, -0.15) is 0 Å². The Morgan fingerprint density at radius 3 is 2.95 bits per heavy atom. The topological polar surface area (TPSA) is 65.9 Å². The van der Waals surface area contributed by atoms with Crippen LogP contribution in [0.5, 0.6) is 0 Å². The molecule has 2 atom stereocenters. The molecule has 3 aliphatic rings. The number of rotatable bonds is 3. The summed E-state index contributed by atoms with van der Waals surface area (Å²) in [5.41, 5.74) is 0.284. The molecule has 2 aliphatic heterocycles. The van der Waals surface area contributed by atoms with Gasteiger partial charge >= 0.3 is 5.97 Å². The highest BCUT2D eigenvalue weighted by atomic mass is 16.5. The Kier molecular flexibility index (Phi) is 3.50. The van der Waals surface area contributed by atoms with Gasteiger partial charge in [0.05, 0.1) is 19.3 Å².